The standard InChI is InChI=1S/C16H21F3N4O.HI/c1-20-15(23-10-11-2-3-11)22-9-8-21-14(24)12-4-6-13(7-5-12)16(17,18)19;/h4-7,11H,2-3,8-10H2,1H3,(H,21,24)(H2,20,22,23);1H. The predicted octanol–water partition coefficient (Wildman–Crippen LogP) is 2.63. The molecule has 3 N–H and O–H groups in total. The smallest absolute Gasteiger partial charge is 0.356 e. The number of rotatable bonds is 6. The van der Waals surface area contributed by atoms with Gasteiger partial charge in [0.1, 0.15) is 0 Å². The van der Waals surface area contributed by atoms with E-state index in [1.165, 1.54) is 25.0 Å². The number of benzene rings is 1. The molecule has 1 saturated carbocycles. The summed E-state index contributed by atoms with van der Waals surface area (Å²) in [5.74, 6) is 0.986. The summed E-state index contributed by atoms with van der Waals surface area (Å²) in [6.45, 7) is 1.69. The molecule has 1 aromatic rings. The van der Waals surface area contributed by atoms with Gasteiger partial charge in [0, 0.05) is 32.2 Å². The Hall–Kier alpha value is -1.52. The van der Waals surface area contributed by atoms with E-state index in [4.69, 9.17) is 0 Å². The van der Waals surface area contributed by atoms with E-state index in [1.54, 1.807) is 7.05 Å². The summed E-state index contributed by atoms with van der Waals surface area (Å²) in [6.07, 6.45) is -1.91. The largest absolute Gasteiger partial charge is 0.416 e. The number of carbonyl (C=O) groups is 1. The Kier molecular flexibility index (Phi) is 8.46. The van der Waals surface area contributed by atoms with Crippen LogP contribution in [0.25, 0.3) is 0 Å². The Morgan fingerprint density at radius 1 is 1.12 bits per heavy atom. The number of carbonyl (C=O) groups excluding carboxylic acids is 1. The minimum atomic E-state index is -4.40. The Morgan fingerprint density at radius 2 is 1.72 bits per heavy atom. The van der Waals surface area contributed by atoms with Crippen molar-refractivity contribution >= 4 is 35.8 Å². The SMILES string of the molecule is CN=C(NCCNC(=O)c1ccc(C(F)(F)F)cc1)NCC1CC1.I. The molecule has 25 heavy (non-hydrogen) atoms. The number of aliphatic imine (C=N–C) groups is 1. The first-order valence-electron chi connectivity index (χ1n) is 7.80. The lowest BCUT2D eigenvalue weighted by molar-refractivity contribution is -0.137. The van der Waals surface area contributed by atoms with E-state index in [0.29, 0.717) is 19.0 Å². The van der Waals surface area contributed by atoms with Crippen molar-refractivity contribution in [2.75, 3.05) is 26.7 Å². The number of halogens is 4. The second-order valence-corrected chi connectivity index (χ2v) is 5.65. The van der Waals surface area contributed by atoms with Crippen LogP contribution < -0.4 is 16.0 Å². The molecule has 1 fully saturated rings. The summed E-state index contributed by atoms with van der Waals surface area (Å²) < 4.78 is 37.4. The molecule has 1 amide bonds. The maximum Gasteiger partial charge on any atom is 0.416 e. The molecular formula is C16H22F3IN4O. The van der Waals surface area contributed by atoms with Crippen LogP contribution in [0.2, 0.25) is 0 Å². The van der Waals surface area contributed by atoms with Gasteiger partial charge in [-0.3, -0.25) is 9.79 Å². The van der Waals surface area contributed by atoms with Crippen molar-refractivity contribution in [3.05, 3.63) is 35.4 Å². The number of nitrogens with zero attached hydrogens (tertiary/aromatic N) is 1. The molecule has 0 aliphatic heterocycles. The monoisotopic (exact) mass is 470 g/mol. The van der Waals surface area contributed by atoms with Crippen molar-refractivity contribution in [1.82, 2.24) is 16.0 Å². The van der Waals surface area contributed by atoms with E-state index in [0.717, 1.165) is 24.6 Å². The van der Waals surface area contributed by atoms with E-state index in [1.807, 2.05) is 0 Å². The van der Waals surface area contributed by atoms with Crippen LogP contribution in [0.15, 0.2) is 29.3 Å². The molecule has 0 heterocycles. The zero-order chi connectivity index (χ0) is 17.6. The van der Waals surface area contributed by atoms with Gasteiger partial charge in [0.05, 0.1) is 5.56 Å². The fourth-order valence-corrected chi connectivity index (χ4v) is 2.05. The number of hydrogen-bond donors (Lipinski definition) is 3. The average molecular weight is 470 g/mol. The third-order valence-electron chi connectivity index (χ3n) is 3.66. The molecule has 0 saturated heterocycles. The summed E-state index contributed by atoms with van der Waals surface area (Å²) >= 11 is 0. The topological polar surface area (TPSA) is 65.5 Å². The van der Waals surface area contributed by atoms with Crippen LogP contribution in [0.5, 0.6) is 0 Å². The quantitative estimate of drug-likeness (QED) is 0.259. The zero-order valence-electron chi connectivity index (χ0n) is 13.8. The fourth-order valence-electron chi connectivity index (χ4n) is 2.05. The van der Waals surface area contributed by atoms with Crippen LogP contribution in [0.4, 0.5) is 13.2 Å². The van der Waals surface area contributed by atoms with Gasteiger partial charge in [-0.1, -0.05) is 0 Å². The molecule has 0 aromatic heterocycles. The second-order valence-electron chi connectivity index (χ2n) is 5.65. The number of amides is 1. The molecular weight excluding hydrogens is 448 g/mol. The van der Waals surface area contributed by atoms with Gasteiger partial charge < -0.3 is 16.0 Å². The highest BCUT2D eigenvalue weighted by molar-refractivity contribution is 14.0. The Balaban J connectivity index is 0.00000312. The van der Waals surface area contributed by atoms with Crippen LogP contribution in [-0.2, 0) is 6.18 Å². The van der Waals surface area contributed by atoms with Crippen molar-refractivity contribution in [3.8, 4) is 0 Å². The third kappa shape index (κ3) is 7.49. The first kappa shape index (κ1) is 21.5. The number of alkyl halides is 3. The Morgan fingerprint density at radius 3 is 2.24 bits per heavy atom. The summed E-state index contributed by atoms with van der Waals surface area (Å²) in [7, 11) is 1.67. The zero-order valence-corrected chi connectivity index (χ0v) is 16.2. The molecule has 0 spiro atoms. The lowest BCUT2D eigenvalue weighted by Gasteiger charge is -2.12. The number of nitrogens with one attached hydrogen (secondary N) is 3. The molecule has 1 aromatic carbocycles. The molecule has 9 heteroatoms. The lowest BCUT2D eigenvalue weighted by Crippen LogP contribution is -2.42. The lowest BCUT2D eigenvalue weighted by atomic mass is 10.1. The molecule has 0 bridgehead atoms. The van der Waals surface area contributed by atoms with Crippen LogP contribution in [0.3, 0.4) is 0 Å². The molecule has 0 atom stereocenters. The van der Waals surface area contributed by atoms with Crippen molar-refractivity contribution in [2.24, 2.45) is 10.9 Å². The molecule has 1 aliphatic carbocycles. The van der Waals surface area contributed by atoms with Gasteiger partial charge in [-0.05, 0) is 43.0 Å². The van der Waals surface area contributed by atoms with Gasteiger partial charge in [0.25, 0.3) is 5.91 Å². The van der Waals surface area contributed by atoms with Gasteiger partial charge in [-0.15, -0.1) is 24.0 Å². The number of hydrogen-bond acceptors (Lipinski definition) is 2. The normalized spacial score (nSPS) is 14.5. The van der Waals surface area contributed by atoms with Crippen LogP contribution >= 0.6 is 24.0 Å². The van der Waals surface area contributed by atoms with Gasteiger partial charge in [0.15, 0.2) is 5.96 Å². The van der Waals surface area contributed by atoms with Crippen molar-refractivity contribution in [2.45, 2.75) is 19.0 Å². The minimum absolute atomic E-state index is 0. The molecule has 0 radical (unpaired) electrons. The average Bonchev–Trinajstić information content (AvgIpc) is 3.37. The van der Waals surface area contributed by atoms with Gasteiger partial charge in [-0.2, -0.15) is 13.2 Å². The Bertz CT molecular complexity index is 586. The van der Waals surface area contributed by atoms with E-state index >= 15 is 0 Å². The van der Waals surface area contributed by atoms with Crippen LogP contribution in [0, 0.1) is 5.92 Å². The summed E-state index contributed by atoms with van der Waals surface area (Å²) in [5.41, 5.74) is -0.578. The predicted molar refractivity (Wildman–Crippen MR) is 101 cm³/mol. The third-order valence-corrected chi connectivity index (χ3v) is 3.66. The van der Waals surface area contributed by atoms with Crippen molar-refractivity contribution in [1.29, 1.82) is 0 Å². The molecule has 0 unspecified atom stereocenters. The molecule has 5 nitrogen and oxygen atoms in total. The summed E-state index contributed by atoms with van der Waals surface area (Å²) in [6, 6.07) is 4.14. The van der Waals surface area contributed by atoms with E-state index < -0.39 is 17.6 Å². The van der Waals surface area contributed by atoms with Crippen LogP contribution in [0.1, 0.15) is 28.8 Å². The van der Waals surface area contributed by atoms with Gasteiger partial charge >= 0.3 is 6.18 Å². The molecule has 140 valence electrons. The van der Waals surface area contributed by atoms with Gasteiger partial charge in [0.2, 0.25) is 0 Å². The van der Waals surface area contributed by atoms with E-state index in [2.05, 4.69) is 20.9 Å². The van der Waals surface area contributed by atoms with Crippen LogP contribution in [-0.4, -0.2) is 38.5 Å². The summed E-state index contributed by atoms with van der Waals surface area (Å²) in [5, 5.41) is 8.90. The van der Waals surface area contributed by atoms with Crippen molar-refractivity contribution < 1.29 is 18.0 Å². The van der Waals surface area contributed by atoms with E-state index in [9.17, 15) is 18.0 Å². The van der Waals surface area contributed by atoms with Gasteiger partial charge in [-0.25, -0.2) is 0 Å². The Labute approximate surface area is 161 Å². The molecule has 1 aliphatic rings. The first-order valence-corrected chi connectivity index (χ1v) is 7.80. The second kappa shape index (κ2) is 9.83. The highest BCUT2D eigenvalue weighted by Crippen LogP contribution is 2.29. The van der Waals surface area contributed by atoms with Crippen molar-refractivity contribution in [3.63, 3.8) is 0 Å². The minimum Gasteiger partial charge on any atom is -0.356 e. The molecule has 2 rings (SSSR count). The maximum absolute atomic E-state index is 12.5. The summed E-state index contributed by atoms with van der Waals surface area (Å²) in [4.78, 5) is 15.9. The maximum atomic E-state index is 12.5. The highest BCUT2D eigenvalue weighted by atomic mass is 127. The van der Waals surface area contributed by atoms with E-state index in [-0.39, 0.29) is 29.5 Å². The fraction of sp³-hybridized carbons (Fsp3) is 0.500. The highest BCUT2D eigenvalue weighted by Gasteiger charge is 2.30. The number of guanidine groups is 1. The first-order chi connectivity index (χ1) is 11.4.